The van der Waals surface area contributed by atoms with Crippen molar-refractivity contribution < 1.29 is 9.84 Å². The molecule has 108 valence electrons. The quantitative estimate of drug-likeness (QED) is 0.797. The molecule has 0 aliphatic carbocycles. The number of hydrogen-bond donors (Lipinski definition) is 1. The number of ether oxygens (including phenoxy) is 1. The largest absolute Gasteiger partial charge is 0.508 e. The van der Waals surface area contributed by atoms with Gasteiger partial charge >= 0.3 is 0 Å². The van der Waals surface area contributed by atoms with Crippen molar-refractivity contribution in [2.24, 2.45) is 0 Å². The Balaban J connectivity index is 2.03. The Kier molecular flexibility index (Phi) is 3.25. The summed E-state index contributed by atoms with van der Waals surface area (Å²) in [5.41, 5.74) is 2.72. The van der Waals surface area contributed by atoms with E-state index in [-0.39, 0.29) is 5.75 Å². The average Bonchev–Trinajstić information content (AvgIpc) is 2.82. The molecule has 0 saturated heterocycles. The lowest BCUT2D eigenvalue weighted by atomic mass is 10.1. The molecule has 3 aromatic rings. The molecule has 0 aliphatic heterocycles. The minimum atomic E-state index is 0.174. The Bertz CT molecular complexity index is 773. The highest BCUT2D eigenvalue weighted by Crippen LogP contribution is 2.29. The van der Waals surface area contributed by atoms with Gasteiger partial charge in [-0.3, -0.25) is 0 Å². The second kappa shape index (κ2) is 5.09. The van der Waals surface area contributed by atoms with Crippen LogP contribution in [0.15, 0.2) is 36.7 Å². The average molecular weight is 283 g/mol. The number of phenolic OH excluding ortho intramolecular Hbond substituents is 1. The molecule has 0 bridgehead atoms. The van der Waals surface area contributed by atoms with E-state index < -0.39 is 0 Å². The van der Waals surface area contributed by atoms with Crippen LogP contribution in [-0.2, 0) is 0 Å². The van der Waals surface area contributed by atoms with Crippen LogP contribution in [-0.4, -0.2) is 19.7 Å². The summed E-state index contributed by atoms with van der Waals surface area (Å²) in [4.78, 5) is 4.27. The summed E-state index contributed by atoms with van der Waals surface area (Å²) < 4.78 is 7.57. The Hall–Kier alpha value is -2.56. The standard InChI is InChI=1S/C16H17N3O2/c1-10(2)14-9-15-16(17-4-5-19(15)18-14)21-13-7-11(3)6-12(20)8-13/h4-10,20H,1-3H3. The van der Waals surface area contributed by atoms with Gasteiger partial charge in [0.25, 0.3) is 0 Å². The van der Waals surface area contributed by atoms with Gasteiger partial charge in [-0.15, -0.1) is 0 Å². The number of aryl methyl sites for hydroxylation is 1. The van der Waals surface area contributed by atoms with Gasteiger partial charge in [-0.2, -0.15) is 5.10 Å². The number of aromatic hydroxyl groups is 1. The predicted octanol–water partition coefficient (Wildman–Crippen LogP) is 3.66. The van der Waals surface area contributed by atoms with Gasteiger partial charge < -0.3 is 9.84 Å². The lowest BCUT2D eigenvalue weighted by Crippen LogP contribution is -1.94. The Morgan fingerprint density at radius 2 is 2.00 bits per heavy atom. The normalized spacial score (nSPS) is 11.2. The van der Waals surface area contributed by atoms with Crippen LogP contribution in [0.4, 0.5) is 0 Å². The summed E-state index contributed by atoms with van der Waals surface area (Å²) in [5.74, 6) is 1.54. The molecule has 0 radical (unpaired) electrons. The molecule has 2 heterocycles. The second-order valence-electron chi connectivity index (χ2n) is 5.39. The van der Waals surface area contributed by atoms with Gasteiger partial charge in [-0.1, -0.05) is 13.8 Å². The number of rotatable bonds is 3. The SMILES string of the molecule is Cc1cc(O)cc(Oc2nccn3nc(C(C)C)cc23)c1. The highest BCUT2D eigenvalue weighted by atomic mass is 16.5. The first-order valence-corrected chi connectivity index (χ1v) is 6.86. The minimum absolute atomic E-state index is 0.174. The first-order valence-electron chi connectivity index (χ1n) is 6.86. The first-order chi connectivity index (χ1) is 10.0. The highest BCUT2D eigenvalue weighted by Gasteiger charge is 2.11. The van der Waals surface area contributed by atoms with Crippen LogP contribution < -0.4 is 4.74 Å². The van der Waals surface area contributed by atoms with Crippen molar-refractivity contribution >= 4 is 5.52 Å². The van der Waals surface area contributed by atoms with Gasteiger partial charge in [0.05, 0.1) is 5.69 Å². The van der Waals surface area contributed by atoms with E-state index in [1.54, 1.807) is 29.0 Å². The maximum atomic E-state index is 9.64. The topological polar surface area (TPSA) is 59.7 Å². The van der Waals surface area contributed by atoms with E-state index in [4.69, 9.17) is 4.74 Å². The molecule has 0 aliphatic rings. The van der Waals surface area contributed by atoms with E-state index >= 15 is 0 Å². The highest BCUT2D eigenvalue weighted by molar-refractivity contribution is 5.58. The van der Waals surface area contributed by atoms with Crippen LogP contribution in [0.5, 0.6) is 17.4 Å². The van der Waals surface area contributed by atoms with E-state index in [1.165, 1.54) is 0 Å². The molecule has 0 saturated carbocycles. The van der Waals surface area contributed by atoms with Crippen molar-refractivity contribution in [1.82, 2.24) is 14.6 Å². The number of nitrogens with zero attached hydrogens (tertiary/aromatic N) is 3. The fraction of sp³-hybridized carbons (Fsp3) is 0.250. The van der Waals surface area contributed by atoms with E-state index in [1.807, 2.05) is 19.1 Å². The lowest BCUT2D eigenvalue weighted by Gasteiger charge is -2.07. The minimum Gasteiger partial charge on any atom is -0.508 e. The molecule has 2 aromatic heterocycles. The van der Waals surface area contributed by atoms with Crippen molar-refractivity contribution in [3.63, 3.8) is 0 Å². The first kappa shape index (κ1) is 13.4. The van der Waals surface area contributed by atoms with E-state index in [0.29, 0.717) is 17.5 Å². The molecule has 0 atom stereocenters. The summed E-state index contributed by atoms with van der Waals surface area (Å²) in [6.07, 6.45) is 3.44. The molecule has 21 heavy (non-hydrogen) atoms. The van der Waals surface area contributed by atoms with Crippen LogP contribution in [0.1, 0.15) is 31.0 Å². The monoisotopic (exact) mass is 283 g/mol. The molecule has 3 rings (SSSR count). The van der Waals surface area contributed by atoms with Gasteiger partial charge in [-0.05, 0) is 36.6 Å². The van der Waals surface area contributed by atoms with Crippen molar-refractivity contribution in [1.29, 1.82) is 0 Å². The van der Waals surface area contributed by atoms with Crippen molar-refractivity contribution in [3.8, 4) is 17.4 Å². The molecule has 1 N–H and O–H groups in total. The molecular formula is C16H17N3O2. The number of aromatic nitrogens is 3. The Labute approximate surface area is 122 Å². The maximum absolute atomic E-state index is 9.64. The molecule has 0 amide bonds. The molecule has 5 heteroatoms. The third-order valence-corrected chi connectivity index (χ3v) is 3.22. The van der Waals surface area contributed by atoms with Crippen molar-refractivity contribution in [2.75, 3.05) is 0 Å². The zero-order chi connectivity index (χ0) is 15.0. The fourth-order valence-electron chi connectivity index (χ4n) is 2.18. The molecule has 0 fully saturated rings. The third kappa shape index (κ3) is 2.67. The summed E-state index contributed by atoms with van der Waals surface area (Å²) in [6, 6.07) is 7.07. The van der Waals surface area contributed by atoms with Crippen molar-refractivity contribution in [3.05, 3.63) is 47.9 Å². The lowest BCUT2D eigenvalue weighted by molar-refractivity contribution is 0.446. The van der Waals surface area contributed by atoms with Gasteiger partial charge in [0.15, 0.2) is 0 Å². The smallest absolute Gasteiger partial charge is 0.245 e. The van der Waals surface area contributed by atoms with Gasteiger partial charge in [-0.25, -0.2) is 9.50 Å². The predicted molar refractivity (Wildman–Crippen MR) is 80.0 cm³/mol. The van der Waals surface area contributed by atoms with Crippen LogP contribution in [0, 0.1) is 6.92 Å². The number of benzene rings is 1. The molecule has 0 spiro atoms. The Morgan fingerprint density at radius 3 is 2.71 bits per heavy atom. The van der Waals surface area contributed by atoms with Crippen LogP contribution in [0.25, 0.3) is 5.52 Å². The van der Waals surface area contributed by atoms with E-state index in [9.17, 15) is 5.11 Å². The van der Waals surface area contributed by atoms with Crippen molar-refractivity contribution in [2.45, 2.75) is 26.7 Å². The fourth-order valence-corrected chi connectivity index (χ4v) is 2.18. The second-order valence-corrected chi connectivity index (χ2v) is 5.39. The summed E-state index contributed by atoms with van der Waals surface area (Å²) in [7, 11) is 0. The van der Waals surface area contributed by atoms with Crippen LogP contribution >= 0.6 is 0 Å². The van der Waals surface area contributed by atoms with Crippen LogP contribution in [0.3, 0.4) is 0 Å². The van der Waals surface area contributed by atoms with Crippen LogP contribution in [0.2, 0.25) is 0 Å². The Morgan fingerprint density at radius 1 is 1.19 bits per heavy atom. The summed E-state index contributed by atoms with van der Waals surface area (Å²) >= 11 is 0. The summed E-state index contributed by atoms with van der Waals surface area (Å²) in [5, 5.41) is 14.1. The number of hydrogen-bond acceptors (Lipinski definition) is 4. The van der Waals surface area contributed by atoms with Gasteiger partial charge in [0.2, 0.25) is 5.88 Å². The third-order valence-electron chi connectivity index (χ3n) is 3.22. The number of fused-ring (bicyclic) bond motifs is 1. The van der Waals surface area contributed by atoms with Gasteiger partial charge in [0.1, 0.15) is 17.0 Å². The molecule has 5 nitrogen and oxygen atoms in total. The number of phenols is 1. The summed E-state index contributed by atoms with van der Waals surface area (Å²) in [6.45, 7) is 6.08. The van der Waals surface area contributed by atoms with Gasteiger partial charge in [0, 0.05) is 18.5 Å². The zero-order valence-corrected chi connectivity index (χ0v) is 12.2. The zero-order valence-electron chi connectivity index (χ0n) is 12.2. The van der Waals surface area contributed by atoms with E-state index in [0.717, 1.165) is 16.8 Å². The molecule has 0 unspecified atom stereocenters. The maximum Gasteiger partial charge on any atom is 0.245 e. The molecular weight excluding hydrogens is 266 g/mol. The van der Waals surface area contributed by atoms with E-state index in [2.05, 4.69) is 23.9 Å². The molecule has 1 aromatic carbocycles.